The Morgan fingerprint density at radius 1 is 0.323 bits per heavy atom. The largest absolute Gasteiger partial charge is 0.497 e. The second kappa shape index (κ2) is 21.4. The molecule has 0 saturated heterocycles. The zero-order valence-corrected chi connectivity index (χ0v) is 35.9. The molecule has 0 aliphatic rings. The summed E-state index contributed by atoms with van der Waals surface area (Å²) in [5, 5.41) is 9.62. The van der Waals surface area contributed by atoms with Crippen molar-refractivity contribution in [2.45, 2.75) is 5.92 Å². The van der Waals surface area contributed by atoms with Crippen LogP contribution < -0.4 is 53.8 Å². The molecular formula is C48H50N6O8. The average molecular weight is 839 g/mol. The van der Waals surface area contributed by atoms with Gasteiger partial charge in [-0.3, -0.25) is 0 Å². The lowest BCUT2D eigenvalue weighted by Crippen LogP contribution is -2.07. The number of ether oxygens (including phenoxy) is 8. The average Bonchev–Trinajstić information content (AvgIpc) is 3.32. The van der Waals surface area contributed by atoms with Gasteiger partial charge in [0.1, 0.15) is 11.5 Å². The van der Waals surface area contributed by atoms with Crippen LogP contribution in [-0.4, -0.2) is 71.8 Å². The Labute approximate surface area is 361 Å². The maximum absolute atomic E-state index is 5.55. The summed E-state index contributed by atoms with van der Waals surface area (Å²) in [5.74, 6) is 6.49. The van der Waals surface area contributed by atoms with Crippen LogP contribution >= 0.6 is 0 Å². The van der Waals surface area contributed by atoms with Crippen LogP contribution in [0.15, 0.2) is 133 Å². The quantitative estimate of drug-likeness (QED) is 0.0747. The van der Waals surface area contributed by atoms with E-state index in [1.54, 1.807) is 56.9 Å². The molecule has 0 bridgehead atoms. The molecule has 0 amide bonds. The first-order valence-corrected chi connectivity index (χ1v) is 19.4. The van der Waals surface area contributed by atoms with Crippen molar-refractivity contribution in [3.63, 3.8) is 0 Å². The lowest BCUT2D eigenvalue weighted by molar-refractivity contribution is 0.353. The normalized spacial score (nSPS) is 10.4. The molecule has 0 aliphatic carbocycles. The summed E-state index contributed by atoms with van der Waals surface area (Å²) in [6, 6.07) is 42.5. The third-order valence-corrected chi connectivity index (χ3v) is 9.54. The van der Waals surface area contributed by atoms with Gasteiger partial charge in [-0.15, -0.1) is 0 Å². The summed E-state index contributed by atoms with van der Waals surface area (Å²) in [7, 11) is 13.0. The van der Waals surface area contributed by atoms with Gasteiger partial charge in [0.25, 0.3) is 0 Å². The first-order chi connectivity index (χ1) is 30.3. The van der Waals surface area contributed by atoms with E-state index < -0.39 is 0 Å². The Bertz CT molecular complexity index is 2340. The molecule has 0 spiro atoms. The fourth-order valence-electron chi connectivity index (χ4n) is 6.53. The highest BCUT2D eigenvalue weighted by molar-refractivity contribution is 5.63. The van der Waals surface area contributed by atoms with Crippen LogP contribution in [0.2, 0.25) is 0 Å². The molecule has 6 aromatic carbocycles. The number of nitrogens with one attached hydrogen (secondary N) is 3. The third-order valence-electron chi connectivity index (χ3n) is 9.54. The van der Waals surface area contributed by atoms with Crippen LogP contribution in [0.3, 0.4) is 0 Å². The molecule has 0 fully saturated rings. The number of aromatic nitrogens is 3. The second-order valence-corrected chi connectivity index (χ2v) is 13.3. The van der Waals surface area contributed by atoms with E-state index in [0.717, 1.165) is 45.3 Å². The molecular weight excluding hydrogens is 789 g/mol. The fourth-order valence-corrected chi connectivity index (χ4v) is 6.53. The minimum Gasteiger partial charge on any atom is -0.497 e. The predicted octanol–water partition coefficient (Wildman–Crippen LogP) is 10.0. The summed E-state index contributed by atoms with van der Waals surface area (Å²) in [4.78, 5) is 13.5. The fraction of sp³-hybridized carbons (Fsp3) is 0.188. The van der Waals surface area contributed by atoms with Gasteiger partial charge in [0.2, 0.25) is 17.8 Å². The van der Waals surface area contributed by atoms with Crippen molar-refractivity contribution in [1.82, 2.24) is 15.0 Å². The maximum Gasteiger partial charge on any atom is 0.233 e. The third kappa shape index (κ3) is 11.0. The smallest absolute Gasteiger partial charge is 0.233 e. The molecule has 1 heterocycles. The molecule has 320 valence electrons. The van der Waals surface area contributed by atoms with Crippen molar-refractivity contribution in [3.05, 3.63) is 150 Å². The Balaban J connectivity index is 0.000000207. The van der Waals surface area contributed by atoms with Crippen molar-refractivity contribution < 1.29 is 37.9 Å². The van der Waals surface area contributed by atoms with Crippen molar-refractivity contribution in [2.75, 3.05) is 72.8 Å². The van der Waals surface area contributed by atoms with Gasteiger partial charge in [-0.25, -0.2) is 0 Å². The van der Waals surface area contributed by atoms with E-state index in [1.807, 2.05) is 133 Å². The molecule has 0 atom stereocenters. The monoisotopic (exact) mass is 838 g/mol. The Kier molecular flexibility index (Phi) is 15.1. The van der Waals surface area contributed by atoms with Crippen LogP contribution in [0.5, 0.6) is 46.0 Å². The minimum absolute atomic E-state index is 0.126. The molecule has 62 heavy (non-hydrogen) atoms. The highest BCUT2D eigenvalue weighted by Crippen LogP contribution is 2.42. The molecule has 1 aromatic heterocycles. The molecule has 7 aromatic rings. The van der Waals surface area contributed by atoms with Crippen LogP contribution in [-0.2, 0) is 0 Å². The molecule has 0 saturated carbocycles. The van der Waals surface area contributed by atoms with E-state index in [4.69, 9.17) is 37.9 Å². The number of nitrogens with zero attached hydrogens (tertiary/aromatic N) is 3. The standard InChI is InChI=1S/C25H28O6.C23H22N6O2/c1-26-19-10-7-16(13-22(19)29-4)25(17-8-11-20(27-2)23(14-17)30-5)18-9-12-21(28-3)24(15-18)31-6;1-30-19-12-6-10-17(14-19)25-22-27-21(24-16-8-4-3-5-9-16)28-23(29-22)26-18-11-7-13-20(15-18)31-2/h7-15,25H,1-6H3;3-15H,1-2H3,(H3,24,25,26,27,28,29). The number of rotatable bonds is 17. The van der Waals surface area contributed by atoms with Crippen LogP contribution in [0.1, 0.15) is 22.6 Å². The summed E-state index contributed by atoms with van der Waals surface area (Å²) < 4.78 is 43.5. The van der Waals surface area contributed by atoms with Crippen molar-refractivity contribution >= 4 is 34.9 Å². The van der Waals surface area contributed by atoms with Crippen molar-refractivity contribution in [3.8, 4) is 46.0 Å². The summed E-state index contributed by atoms with van der Waals surface area (Å²) >= 11 is 0. The number of para-hydroxylation sites is 1. The van der Waals surface area contributed by atoms with E-state index in [9.17, 15) is 0 Å². The van der Waals surface area contributed by atoms with Crippen LogP contribution in [0.4, 0.5) is 34.9 Å². The molecule has 3 N–H and O–H groups in total. The summed E-state index contributed by atoms with van der Waals surface area (Å²) in [5.41, 5.74) is 5.53. The van der Waals surface area contributed by atoms with Crippen LogP contribution in [0.25, 0.3) is 0 Å². The Morgan fingerprint density at radius 2 is 0.661 bits per heavy atom. The van der Waals surface area contributed by atoms with Gasteiger partial charge in [-0.05, 0) is 89.5 Å². The van der Waals surface area contributed by atoms with E-state index >= 15 is 0 Å². The number of hydrogen-bond acceptors (Lipinski definition) is 14. The maximum atomic E-state index is 5.55. The lowest BCUT2D eigenvalue weighted by Gasteiger charge is -2.22. The SMILES string of the molecule is COc1ccc(C(c2ccc(OC)c(OC)c2)c2ccc(OC)c(OC)c2)cc1OC.COc1cccc(Nc2nc(Nc3ccccc3)nc(Nc3cccc(OC)c3)n2)c1. The molecule has 0 radical (unpaired) electrons. The minimum atomic E-state index is -0.126. The highest BCUT2D eigenvalue weighted by atomic mass is 16.5. The first kappa shape index (κ1) is 43.7. The molecule has 14 heteroatoms. The zero-order chi connectivity index (χ0) is 43.8. The Hall–Kier alpha value is -7.87. The number of benzene rings is 6. The van der Waals surface area contributed by atoms with Gasteiger partial charge < -0.3 is 53.8 Å². The van der Waals surface area contributed by atoms with Crippen LogP contribution in [0, 0.1) is 0 Å². The predicted molar refractivity (Wildman–Crippen MR) is 242 cm³/mol. The number of anilines is 6. The number of hydrogen-bond donors (Lipinski definition) is 3. The van der Waals surface area contributed by atoms with Crippen molar-refractivity contribution in [2.24, 2.45) is 0 Å². The second-order valence-electron chi connectivity index (χ2n) is 13.3. The Morgan fingerprint density at radius 3 is 1.00 bits per heavy atom. The van der Waals surface area contributed by atoms with E-state index in [1.165, 1.54) is 0 Å². The lowest BCUT2D eigenvalue weighted by atomic mass is 9.84. The highest BCUT2D eigenvalue weighted by Gasteiger charge is 2.22. The molecule has 0 aliphatic heterocycles. The van der Waals surface area contributed by atoms with E-state index in [0.29, 0.717) is 52.3 Å². The molecule has 0 unspecified atom stereocenters. The zero-order valence-electron chi connectivity index (χ0n) is 35.9. The molecule has 14 nitrogen and oxygen atoms in total. The van der Waals surface area contributed by atoms with E-state index in [-0.39, 0.29) is 5.92 Å². The molecule has 7 rings (SSSR count). The van der Waals surface area contributed by atoms with Gasteiger partial charge in [-0.1, -0.05) is 48.5 Å². The van der Waals surface area contributed by atoms with Gasteiger partial charge in [0.05, 0.1) is 56.9 Å². The van der Waals surface area contributed by atoms with E-state index in [2.05, 4.69) is 30.9 Å². The topological polar surface area (TPSA) is 149 Å². The van der Waals surface area contributed by atoms with Gasteiger partial charge in [0.15, 0.2) is 34.5 Å². The van der Waals surface area contributed by atoms with Crippen molar-refractivity contribution in [1.29, 1.82) is 0 Å². The summed E-state index contributed by atoms with van der Waals surface area (Å²) in [6.07, 6.45) is 0. The van der Waals surface area contributed by atoms with Gasteiger partial charge in [0, 0.05) is 35.1 Å². The van der Waals surface area contributed by atoms with Gasteiger partial charge >= 0.3 is 0 Å². The first-order valence-electron chi connectivity index (χ1n) is 19.4. The number of methoxy groups -OCH3 is 8. The summed E-state index contributed by atoms with van der Waals surface area (Å²) in [6.45, 7) is 0. The van der Waals surface area contributed by atoms with Gasteiger partial charge in [-0.2, -0.15) is 15.0 Å².